The van der Waals surface area contributed by atoms with Crippen molar-refractivity contribution in [3.05, 3.63) is 35.9 Å². The van der Waals surface area contributed by atoms with Crippen molar-refractivity contribution in [3.8, 4) is 0 Å². The Morgan fingerprint density at radius 3 is 1.89 bits per heavy atom. The number of rotatable bonds is 5. The van der Waals surface area contributed by atoms with Crippen molar-refractivity contribution in [2.45, 2.75) is 52.6 Å². The van der Waals surface area contributed by atoms with E-state index >= 15 is 0 Å². The average Bonchev–Trinajstić information content (AvgIpc) is 2.29. The Morgan fingerprint density at radius 1 is 1.00 bits per heavy atom. The molecule has 0 saturated heterocycles. The van der Waals surface area contributed by atoms with Crippen LogP contribution in [-0.2, 0) is 10.3 Å². The van der Waals surface area contributed by atoms with Gasteiger partial charge in [-0.25, -0.2) is 4.89 Å². The molecule has 1 rings (SSSR count). The number of benzene rings is 1. The van der Waals surface area contributed by atoms with Gasteiger partial charge in [-0.1, -0.05) is 58.0 Å². The molecule has 102 valence electrons. The van der Waals surface area contributed by atoms with Gasteiger partial charge in [-0.15, -0.1) is 0 Å². The third kappa shape index (κ3) is 2.93. The van der Waals surface area contributed by atoms with Crippen LogP contribution in [0.5, 0.6) is 0 Å². The first kappa shape index (κ1) is 15.2. The zero-order valence-electron chi connectivity index (χ0n) is 12.4. The summed E-state index contributed by atoms with van der Waals surface area (Å²) in [5.41, 5.74) is 0.628. The van der Waals surface area contributed by atoms with Gasteiger partial charge in [0.05, 0.1) is 0 Å². The Hall–Kier alpha value is -0.860. The molecule has 0 bridgehead atoms. The predicted octanol–water partition coefficient (Wildman–Crippen LogP) is 4.50. The minimum absolute atomic E-state index is 0.0678. The third-order valence-corrected chi connectivity index (χ3v) is 3.95. The molecule has 0 saturated carbocycles. The lowest BCUT2D eigenvalue weighted by Crippen LogP contribution is -2.47. The SMILES string of the molecule is CC(C)C(C(C)(C)OO)C(C)(C)c1ccccc1. The van der Waals surface area contributed by atoms with Crippen LogP contribution in [0.3, 0.4) is 0 Å². The highest BCUT2D eigenvalue weighted by Crippen LogP contribution is 2.43. The number of hydrogen-bond acceptors (Lipinski definition) is 2. The van der Waals surface area contributed by atoms with E-state index in [1.807, 2.05) is 19.9 Å². The van der Waals surface area contributed by atoms with Crippen LogP contribution in [0.2, 0.25) is 0 Å². The van der Waals surface area contributed by atoms with Crippen molar-refractivity contribution in [1.29, 1.82) is 0 Å². The fourth-order valence-corrected chi connectivity index (χ4v) is 3.61. The molecule has 0 spiro atoms. The molecule has 0 fully saturated rings. The Morgan fingerprint density at radius 2 is 1.50 bits per heavy atom. The second-order valence-electron chi connectivity index (χ2n) is 6.50. The van der Waals surface area contributed by atoms with Crippen LogP contribution in [0.25, 0.3) is 0 Å². The van der Waals surface area contributed by atoms with Crippen molar-refractivity contribution in [1.82, 2.24) is 0 Å². The molecule has 18 heavy (non-hydrogen) atoms. The Labute approximate surface area is 111 Å². The monoisotopic (exact) mass is 250 g/mol. The van der Waals surface area contributed by atoms with Gasteiger partial charge in [0, 0.05) is 5.92 Å². The van der Waals surface area contributed by atoms with Crippen LogP contribution in [0.4, 0.5) is 0 Å². The summed E-state index contributed by atoms with van der Waals surface area (Å²) in [6.07, 6.45) is 0. The Bertz CT molecular complexity index is 366. The standard InChI is InChI=1S/C16H26O2/c1-12(2)14(16(5,6)18-17)15(3,4)13-10-8-7-9-11-13/h7-12,14,17H,1-6H3. The van der Waals surface area contributed by atoms with Crippen LogP contribution in [-0.4, -0.2) is 10.9 Å². The maximum absolute atomic E-state index is 9.22. The predicted molar refractivity (Wildman–Crippen MR) is 75.6 cm³/mol. The lowest BCUT2D eigenvalue weighted by Gasteiger charge is -2.45. The molecule has 1 atom stereocenters. The molecule has 0 aliphatic carbocycles. The average molecular weight is 250 g/mol. The van der Waals surface area contributed by atoms with E-state index in [-0.39, 0.29) is 11.3 Å². The van der Waals surface area contributed by atoms with Crippen LogP contribution in [0, 0.1) is 11.8 Å². The molecular weight excluding hydrogens is 224 g/mol. The fraction of sp³-hybridized carbons (Fsp3) is 0.625. The maximum Gasteiger partial charge on any atom is 0.102 e. The van der Waals surface area contributed by atoms with E-state index in [0.717, 1.165) is 0 Å². The molecule has 1 aromatic rings. The van der Waals surface area contributed by atoms with Gasteiger partial charge in [0.15, 0.2) is 0 Å². The second-order valence-corrected chi connectivity index (χ2v) is 6.50. The first-order valence-corrected chi connectivity index (χ1v) is 6.61. The smallest absolute Gasteiger partial charge is 0.102 e. The van der Waals surface area contributed by atoms with Crippen LogP contribution in [0.1, 0.15) is 47.1 Å². The van der Waals surface area contributed by atoms with E-state index in [2.05, 4.69) is 52.0 Å². The van der Waals surface area contributed by atoms with E-state index in [1.54, 1.807) is 0 Å². The summed E-state index contributed by atoms with van der Waals surface area (Å²) in [4.78, 5) is 4.77. The second kappa shape index (κ2) is 5.41. The topological polar surface area (TPSA) is 29.5 Å². The zero-order chi connectivity index (χ0) is 14.0. The molecule has 0 radical (unpaired) electrons. The van der Waals surface area contributed by atoms with E-state index in [9.17, 15) is 5.26 Å². The zero-order valence-corrected chi connectivity index (χ0v) is 12.4. The minimum Gasteiger partial charge on any atom is -0.251 e. The van der Waals surface area contributed by atoms with Crippen molar-refractivity contribution in [2.75, 3.05) is 0 Å². The van der Waals surface area contributed by atoms with Crippen molar-refractivity contribution in [3.63, 3.8) is 0 Å². The Balaban J connectivity index is 3.21. The lowest BCUT2D eigenvalue weighted by atomic mass is 9.62. The highest BCUT2D eigenvalue weighted by molar-refractivity contribution is 5.26. The normalized spacial score (nSPS) is 14.9. The summed E-state index contributed by atoms with van der Waals surface area (Å²) in [6, 6.07) is 10.4. The molecular formula is C16H26O2. The quantitative estimate of drug-likeness (QED) is 0.615. The van der Waals surface area contributed by atoms with Gasteiger partial charge in [-0.05, 0) is 30.7 Å². The first-order valence-electron chi connectivity index (χ1n) is 6.61. The summed E-state index contributed by atoms with van der Waals surface area (Å²) >= 11 is 0. The fourth-order valence-electron chi connectivity index (χ4n) is 3.61. The third-order valence-electron chi connectivity index (χ3n) is 3.95. The van der Waals surface area contributed by atoms with Gasteiger partial charge >= 0.3 is 0 Å². The molecule has 1 N–H and O–H groups in total. The molecule has 1 aromatic carbocycles. The highest BCUT2D eigenvalue weighted by Gasteiger charge is 2.44. The summed E-state index contributed by atoms with van der Waals surface area (Å²) in [7, 11) is 0. The molecule has 0 aliphatic rings. The maximum atomic E-state index is 9.22. The van der Waals surface area contributed by atoms with Crippen LogP contribution in [0.15, 0.2) is 30.3 Å². The van der Waals surface area contributed by atoms with Gasteiger partial charge in [-0.3, -0.25) is 5.26 Å². The molecule has 0 heterocycles. The molecule has 0 aromatic heterocycles. The van der Waals surface area contributed by atoms with Gasteiger partial charge in [0.25, 0.3) is 0 Å². The molecule has 2 heteroatoms. The first-order chi connectivity index (χ1) is 8.23. The number of hydrogen-bond donors (Lipinski definition) is 1. The summed E-state index contributed by atoms with van der Waals surface area (Å²) in [6.45, 7) is 12.7. The van der Waals surface area contributed by atoms with Gasteiger partial charge < -0.3 is 0 Å². The van der Waals surface area contributed by atoms with Crippen LogP contribution < -0.4 is 0 Å². The molecule has 0 aliphatic heterocycles. The van der Waals surface area contributed by atoms with Crippen molar-refractivity contribution < 1.29 is 10.1 Å². The van der Waals surface area contributed by atoms with Crippen molar-refractivity contribution >= 4 is 0 Å². The summed E-state index contributed by atoms with van der Waals surface area (Å²) < 4.78 is 0. The van der Waals surface area contributed by atoms with Gasteiger partial charge in [0.1, 0.15) is 5.60 Å². The Kier molecular flexibility index (Phi) is 4.57. The lowest BCUT2D eigenvalue weighted by molar-refractivity contribution is -0.334. The summed E-state index contributed by atoms with van der Waals surface area (Å²) in [5, 5.41) is 9.22. The molecule has 2 nitrogen and oxygen atoms in total. The minimum atomic E-state index is -0.576. The van der Waals surface area contributed by atoms with Crippen LogP contribution >= 0.6 is 0 Å². The summed E-state index contributed by atoms with van der Waals surface area (Å²) in [5.74, 6) is 0.611. The largest absolute Gasteiger partial charge is 0.251 e. The van der Waals surface area contributed by atoms with E-state index in [0.29, 0.717) is 5.92 Å². The highest BCUT2D eigenvalue weighted by atomic mass is 17.1. The van der Waals surface area contributed by atoms with E-state index in [1.165, 1.54) is 5.56 Å². The molecule has 1 unspecified atom stereocenters. The van der Waals surface area contributed by atoms with Crippen molar-refractivity contribution in [2.24, 2.45) is 11.8 Å². The van der Waals surface area contributed by atoms with Gasteiger partial charge in [-0.2, -0.15) is 0 Å². The van der Waals surface area contributed by atoms with Gasteiger partial charge in [0.2, 0.25) is 0 Å². The van der Waals surface area contributed by atoms with E-state index in [4.69, 9.17) is 4.89 Å². The molecule has 0 amide bonds. The van der Waals surface area contributed by atoms with E-state index < -0.39 is 5.60 Å².